The topological polar surface area (TPSA) is 150 Å². The maximum atomic E-state index is 13.1. The van der Waals surface area contributed by atoms with Crippen LogP contribution in [0.3, 0.4) is 0 Å². The highest BCUT2D eigenvalue weighted by atomic mass is 16.4. The minimum atomic E-state index is -1.04. The third-order valence-electron chi connectivity index (χ3n) is 6.27. The smallest absolute Gasteiger partial charge is 0.303 e. The van der Waals surface area contributed by atoms with Crippen molar-refractivity contribution in [2.24, 2.45) is 11.7 Å². The lowest BCUT2D eigenvalue weighted by Gasteiger charge is -2.32. The van der Waals surface area contributed by atoms with Crippen LogP contribution in [0.4, 0.5) is 0 Å². The van der Waals surface area contributed by atoms with E-state index in [1.807, 2.05) is 20.1 Å². The van der Waals surface area contributed by atoms with Crippen LogP contribution in [0.5, 0.6) is 0 Å². The molecule has 2 saturated heterocycles. The maximum absolute atomic E-state index is 13.1. The molecule has 0 aromatic carbocycles. The van der Waals surface area contributed by atoms with Crippen LogP contribution in [0.2, 0.25) is 0 Å². The van der Waals surface area contributed by atoms with Gasteiger partial charge in [0.25, 0.3) is 0 Å². The van der Waals surface area contributed by atoms with Crippen LogP contribution in [0.15, 0.2) is 0 Å². The first-order valence-corrected chi connectivity index (χ1v) is 11.0. The Balaban J connectivity index is 2.09. The molecule has 2 aliphatic heterocycles. The molecule has 1 radical (unpaired) electrons. The third kappa shape index (κ3) is 6.03. The Morgan fingerprint density at radius 3 is 2.39 bits per heavy atom. The number of aliphatic carboxylic acids is 1. The second-order valence-corrected chi connectivity index (χ2v) is 8.41. The molecule has 0 unspecified atom stereocenters. The summed E-state index contributed by atoms with van der Waals surface area (Å²) in [5, 5.41) is 11.6. The van der Waals surface area contributed by atoms with Gasteiger partial charge < -0.3 is 26.0 Å². The number of nitrogens with zero attached hydrogens (tertiary/aromatic N) is 2. The summed E-state index contributed by atoms with van der Waals surface area (Å²) in [6.07, 6.45) is 4.65. The summed E-state index contributed by atoms with van der Waals surface area (Å²) in [6, 6.07) is -3.14. The number of nitrogens with two attached hydrogens (primary N) is 1. The summed E-state index contributed by atoms with van der Waals surface area (Å²) in [5.74, 6) is -2.39. The first-order valence-electron chi connectivity index (χ1n) is 11.0. The van der Waals surface area contributed by atoms with Crippen molar-refractivity contribution in [3.8, 4) is 0 Å². The molecule has 0 spiro atoms. The Labute approximate surface area is 182 Å². The molecule has 2 rings (SSSR count). The van der Waals surface area contributed by atoms with Crippen molar-refractivity contribution < 1.29 is 29.1 Å². The van der Waals surface area contributed by atoms with E-state index in [-0.39, 0.29) is 24.7 Å². The van der Waals surface area contributed by atoms with Crippen molar-refractivity contribution in [2.45, 2.75) is 83.0 Å². The standard InChI is InChI=1S/C21H33N4O6/c1-3-13(2)18(21(31)24-10-4-6-14(24)12-26)23-19(29)16-7-5-11-25(16)20(30)15(22)8-9-17(27)28/h13-16,18H,3-11,22H2,1-2H3,(H,23,29)(H,27,28)/t13-,14-,15-,16-,18-/m0/s1. The summed E-state index contributed by atoms with van der Waals surface area (Å²) < 4.78 is 0. The molecule has 10 heteroatoms. The van der Waals surface area contributed by atoms with E-state index < -0.39 is 42.0 Å². The zero-order chi connectivity index (χ0) is 23.1. The first kappa shape index (κ1) is 24.8. The van der Waals surface area contributed by atoms with E-state index in [1.54, 1.807) is 0 Å². The molecule has 2 heterocycles. The fraction of sp³-hybridized carbons (Fsp3) is 0.762. The lowest BCUT2D eigenvalue weighted by atomic mass is 9.96. The average Bonchev–Trinajstić information content (AvgIpc) is 3.43. The molecule has 0 aliphatic carbocycles. The predicted molar refractivity (Wildman–Crippen MR) is 111 cm³/mol. The molecule has 173 valence electrons. The highest BCUT2D eigenvalue weighted by Crippen LogP contribution is 2.22. The van der Waals surface area contributed by atoms with E-state index >= 15 is 0 Å². The SMILES string of the molecule is CC[C@H](C)[C@H](NC(=O)[C@@H]1CCCN1C(=O)[C@@H](N)CCC(=O)O)C(=O)N1CCC[C@H]1[C]=O. The molecule has 0 bridgehead atoms. The van der Waals surface area contributed by atoms with Crippen LogP contribution < -0.4 is 11.1 Å². The van der Waals surface area contributed by atoms with Crippen LogP contribution in [-0.4, -0.2) is 82.1 Å². The van der Waals surface area contributed by atoms with Gasteiger partial charge in [0.2, 0.25) is 24.0 Å². The van der Waals surface area contributed by atoms with Gasteiger partial charge in [-0.1, -0.05) is 20.3 Å². The number of rotatable bonds is 10. The molecular formula is C21H33N4O6. The zero-order valence-electron chi connectivity index (χ0n) is 18.2. The van der Waals surface area contributed by atoms with E-state index in [2.05, 4.69) is 5.32 Å². The van der Waals surface area contributed by atoms with Crippen molar-refractivity contribution in [1.29, 1.82) is 0 Å². The largest absolute Gasteiger partial charge is 0.481 e. The number of carboxylic acid groups (broad SMARTS) is 1. The zero-order valence-corrected chi connectivity index (χ0v) is 18.2. The van der Waals surface area contributed by atoms with Gasteiger partial charge in [-0.3, -0.25) is 24.0 Å². The summed E-state index contributed by atoms with van der Waals surface area (Å²) in [6.45, 7) is 4.58. The minimum Gasteiger partial charge on any atom is -0.481 e. The van der Waals surface area contributed by atoms with Gasteiger partial charge in [-0.05, 0) is 38.0 Å². The van der Waals surface area contributed by atoms with Crippen molar-refractivity contribution >= 4 is 30.0 Å². The molecule has 2 fully saturated rings. The molecular weight excluding hydrogens is 404 g/mol. The number of carbonyl (C=O) groups is 4. The Morgan fingerprint density at radius 1 is 1.13 bits per heavy atom. The van der Waals surface area contributed by atoms with Crippen LogP contribution >= 0.6 is 0 Å². The molecule has 3 amide bonds. The van der Waals surface area contributed by atoms with Crippen LogP contribution in [-0.2, 0) is 24.0 Å². The number of carboxylic acids is 1. The Hall–Kier alpha value is -2.49. The van der Waals surface area contributed by atoms with Crippen LogP contribution in [0, 0.1) is 5.92 Å². The van der Waals surface area contributed by atoms with Gasteiger partial charge in [-0.25, -0.2) is 0 Å². The molecule has 5 atom stereocenters. The molecule has 0 aromatic heterocycles. The first-order chi connectivity index (χ1) is 14.7. The van der Waals surface area contributed by atoms with Crippen molar-refractivity contribution in [3.63, 3.8) is 0 Å². The fourth-order valence-electron chi connectivity index (χ4n) is 4.18. The van der Waals surface area contributed by atoms with Gasteiger partial charge in [0, 0.05) is 19.5 Å². The van der Waals surface area contributed by atoms with Gasteiger partial charge in [-0.15, -0.1) is 0 Å². The fourth-order valence-corrected chi connectivity index (χ4v) is 4.18. The molecule has 31 heavy (non-hydrogen) atoms. The van der Waals surface area contributed by atoms with Gasteiger partial charge in [-0.2, -0.15) is 0 Å². The van der Waals surface area contributed by atoms with E-state index in [0.717, 1.165) is 0 Å². The number of hydrogen-bond acceptors (Lipinski definition) is 6. The van der Waals surface area contributed by atoms with Crippen LogP contribution in [0.1, 0.15) is 58.8 Å². The summed E-state index contributed by atoms with van der Waals surface area (Å²) >= 11 is 0. The number of carbonyl (C=O) groups excluding carboxylic acids is 4. The summed E-state index contributed by atoms with van der Waals surface area (Å²) in [7, 11) is 0. The lowest BCUT2D eigenvalue weighted by Crippen LogP contribution is -2.57. The molecule has 0 saturated carbocycles. The Kier molecular flexibility index (Phi) is 8.97. The molecule has 0 aromatic rings. The third-order valence-corrected chi connectivity index (χ3v) is 6.27. The average molecular weight is 438 g/mol. The van der Waals surface area contributed by atoms with Crippen molar-refractivity contribution in [2.75, 3.05) is 13.1 Å². The Bertz CT molecular complexity index is 699. The van der Waals surface area contributed by atoms with Gasteiger partial charge >= 0.3 is 5.97 Å². The van der Waals surface area contributed by atoms with Gasteiger partial charge in [0.1, 0.15) is 12.1 Å². The van der Waals surface area contributed by atoms with E-state index in [4.69, 9.17) is 10.8 Å². The molecule has 10 nitrogen and oxygen atoms in total. The number of nitrogens with one attached hydrogen (secondary N) is 1. The maximum Gasteiger partial charge on any atom is 0.303 e. The van der Waals surface area contributed by atoms with Crippen molar-refractivity contribution in [1.82, 2.24) is 15.1 Å². The number of likely N-dealkylation sites (tertiary alicyclic amines) is 2. The second kappa shape index (κ2) is 11.2. The quantitative estimate of drug-likeness (QED) is 0.428. The van der Waals surface area contributed by atoms with E-state index in [9.17, 15) is 24.0 Å². The van der Waals surface area contributed by atoms with Crippen LogP contribution in [0.25, 0.3) is 0 Å². The van der Waals surface area contributed by atoms with Crippen molar-refractivity contribution in [3.05, 3.63) is 0 Å². The summed E-state index contributed by atoms with van der Waals surface area (Å²) in [5.41, 5.74) is 5.86. The lowest BCUT2D eigenvalue weighted by molar-refractivity contribution is -0.142. The minimum absolute atomic E-state index is 0.00840. The molecule has 4 N–H and O–H groups in total. The van der Waals surface area contributed by atoms with E-state index in [1.165, 1.54) is 9.80 Å². The highest BCUT2D eigenvalue weighted by Gasteiger charge is 2.40. The predicted octanol–water partition coefficient (Wildman–Crippen LogP) is -0.199. The molecule has 2 aliphatic rings. The monoisotopic (exact) mass is 437 g/mol. The number of amides is 3. The second-order valence-electron chi connectivity index (χ2n) is 8.41. The normalized spacial score (nSPS) is 23.8. The Morgan fingerprint density at radius 2 is 1.77 bits per heavy atom. The number of hydrogen-bond donors (Lipinski definition) is 3. The van der Waals surface area contributed by atoms with Gasteiger partial charge in [0.05, 0.1) is 12.1 Å². The summed E-state index contributed by atoms with van der Waals surface area (Å²) in [4.78, 5) is 63.7. The van der Waals surface area contributed by atoms with Gasteiger partial charge in [0.15, 0.2) is 0 Å². The van der Waals surface area contributed by atoms with E-state index in [0.29, 0.717) is 45.2 Å². The highest BCUT2D eigenvalue weighted by molar-refractivity contribution is 5.94.